The van der Waals surface area contributed by atoms with Crippen LogP contribution >= 0.6 is 11.6 Å². The summed E-state index contributed by atoms with van der Waals surface area (Å²) in [5, 5.41) is 0.815. The zero-order valence-electron chi connectivity index (χ0n) is 13.5. The van der Waals surface area contributed by atoms with E-state index in [4.69, 9.17) is 11.6 Å². The van der Waals surface area contributed by atoms with E-state index in [1.165, 1.54) is 5.69 Å². The predicted molar refractivity (Wildman–Crippen MR) is 88.1 cm³/mol. The number of carbonyl (C=O) groups excluding carboxylic acids is 1. The van der Waals surface area contributed by atoms with E-state index in [0.29, 0.717) is 18.4 Å². The maximum atomic E-state index is 12.4. The molecule has 0 bridgehead atoms. The monoisotopic (exact) mass is 324 g/mol. The van der Waals surface area contributed by atoms with Crippen molar-refractivity contribution in [3.8, 4) is 0 Å². The number of fused-ring (bicyclic) bond motifs is 1. The second-order valence-electron chi connectivity index (χ2n) is 6.38. The van der Waals surface area contributed by atoms with Gasteiger partial charge in [0.25, 0.3) is 0 Å². The van der Waals surface area contributed by atoms with E-state index in [0.717, 1.165) is 51.0 Å². The second kappa shape index (κ2) is 6.60. The van der Waals surface area contributed by atoms with Gasteiger partial charge in [-0.2, -0.15) is 0 Å². The zero-order chi connectivity index (χ0) is 15.7. The van der Waals surface area contributed by atoms with Gasteiger partial charge in [0.05, 0.1) is 0 Å². The number of halogens is 1. The third-order valence-electron chi connectivity index (χ3n) is 5.02. The minimum atomic E-state index is 0.291. The molecule has 1 fully saturated rings. The van der Waals surface area contributed by atoms with Crippen LogP contribution in [0.25, 0.3) is 0 Å². The van der Waals surface area contributed by atoms with E-state index in [1.54, 1.807) is 0 Å². The van der Waals surface area contributed by atoms with Crippen LogP contribution in [0, 0.1) is 0 Å². The van der Waals surface area contributed by atoms with Gasteiger partial charge >= 0.3 is 0 Å². The van der Waals surface area contributed by atoms with Gasteiger partial charge in [0.2, 0.25) is 5.91 Å². The first-order valence-corrected chi connectivity index (χ1v) is 8.49. The van der Waals surface area contributed by atoms with Crippen LogP contribution in [0.2, 0.25) is 5.15 Å². The fourth-order valence-corrected chi connectivity index (χ4v) is 3.67. The Kier molecular flexibility index (Phi) is 4.76. The van der Waals surface area contributed by atoms with Crippen molar-refractivity contribution >= 4 is 17.5 Å². The normalized spacial score (nSPS) is 23.6. The molecule has 0 radical (unpaired) electrons. The standard InChI is InChI=1S/C16H25ClN4O/c1-13-14-3-4-15(17)21(14)12-11-19(13)6-5-16(22)20-9-7-18(2)8-10-20/h3-4,13H,5-12H2,1-2H3/t13-/m0/s1. The highest BCUT2D eigenvalue weighted by atomic mass is 35.5. The van der Waals surface area contributed by atoms with Crippen molar-refractivity contribution in [2.45, 2.75) is 25.9 Å². The highest BCUT2D eigenvalue weighted by Gasteiger charge is 2.26. The average molecular weight is 325 g/mol. The topological polar surface area (TPSA) is 31.7 Å². The molecule has 122 valence electrons. The van der Waals surface area contributed by atoms with Crippen LogP contribution < -0.4 is 0 Å². The molecule has 2 aliphatic rings. The van der Waals surface area contributed by atoms with Crippen molar-refractivity contribution in [2.75, 3.05) is 46.3 Å². The number of rotatable bonds is 3. The number of hydrogen-bond donors (Lipinski definition) is 0. The molecule has 1 amide bonds. The van der Waals surface area contributed by atoms with Crippen LogP contribution in [0.1, 0.15) is 25.1 Å². The molecule has 22 heavy (non-hydrogen) atoms. The SMILES string of the molecule is C[C@H]1c2ccc(Cl)n2CCN1CCC(=O)N1CCN(C)CC1. The number of piperazine rings is 1. The summed E-state index contributed by atoms with van der Waals surface area (Å²) in [7, 11) is 2.11. The van der Waals surface area contributed by atoms with Gasteiger partial charge in [-0.1, -0.05) is 11.6 Å². The molecule has 2 aliphatic heterocycles. The molecular weight excluding hydrogens is 300 g/mol. The maximum Gasteiger partial charge on any atom is 0.223 e. The Balaban J connectivity index is 1.53. The van der Waals surface area contributed by atoms with Crippen LogP contribution in [0.3, 0.4) is 0 Å². The quantitative estimate of drug-likeness (QED) is 0.848. The summed E-state index contributed by atoms with van der Waals surface area (Å²) in [5.74, 6) is 0.291. The van der Waals surface area contributed by atoms with Crippen molar-refractivity contribution in [3.63, 3.8) is 0 Å². The minimum absolute atomic E-state index is 0.291. The molecule has 0 N–H and O–H groups in total. The van der Waals surface area contributed by atoms with Crippen molar-refractivity contribution in [1.29, 1.82) is 0 Å². The van der Waals surface area contributed by atoms with Crippen molar-refractivity contribution in [3.05, 3.63) is 23.0 Å². The predicted octanol–water partition coefficient (Wildman–Crippen LogP) is 1.68. The lowest BCUT2D eigenvalue weighted by atomic mass is 10.1. The summed E-state index contributed by atoms with van der Waals surface area (Å²) < 4.78 is 2.17. The molecule has 0 unspecified atom stereocenters. The van der Waals surface area contributed by atoms with E-state index in [2.05, 4.69) is 34.4 Å². The summed E-state index contributed by atoms with van der Waals surface area (Å²) >= 11 is 6.19. The number of carbonyl (C=O) groups is 1. The number of hydrogen-bond acceptors (Lipinski definition) is 3. The largest absolute Gasteiger partial charge is 0.340 e. The molecule has 0 aliphatic carbocycles. The molecule has 0 spiro atoms. The average Bonchev–Trinajstić information content (AvgIpc) is 2.89. The van der Waals surface area contributed by atoms with Crippen molar-refractivity contribution in [2.24, 2.45) is 0 Å². The minimum Gasteiger partial charge on any atom is -0.340 e. The van der Waals surface area contributed by atoms with Gasteiger partial charge in [-0.3, -0.25) is 9.69 Å². The van der Waals surface area contributed by atoms with E-state index in [9.17, 15) is 4.79 Å². The molecule has 3 heterocycles. The van der Waals surface area contributed by atoms with Gasteiger partial charge in [0, 0.05) is 64.0 Å². The lowest BCUT2D eigenvalue weighted by Gasteiger charge is -2.36. The van der Waals surface area contributed by atoms with Gasteiger partial charge in [-0.25, -0.2) is 0 Å². The van der Waals surface area contributed by atoms with E-state index >= 15 is 0 Å². The maximum absolute atomic E-state index is 12.4. The summed E-state index contributed by atoms with van der Waals surface area (Å²) in [4.78, 5) is 19.0. The first-order valence-electron chi connectivity index (χ1n) is 8.11. The summed E-state index contributed by atoms with van der Waals surface area (Å²) in [6.07, 6.45) is 0.614. The summed E-state index contributed by atoms with van der Waals surface area (Å²) in [6, 6.07) is 4.38. The Morgan fingerprint density at radius 3 is 2.64 bits per heavy atom. The van der Waals surface area contributed by atoms with Crippen LogP contribution in [0.15, 0.2) is 12.1 Å². The molecule has 3 rings (SSSR count). The molecule has 0 aromatic carbocycles. The molecule has 1 aromatic heterocycles. The van der Waals surface area contributed by atoms with E-state index in [-0.39, 0.29) is 0 Å². The Hall–Kier alpha value is -1.04. The number of nitrogens with zero attached hydrogens (tertiary/aromatic N) is 4. The van der Waals surface area contributed by atoms with Gasteiger partial charge in [0.1, 0.15) is 5.15 Å². The number of amides is 1. The molecule has 1 saturated heterocycles. The summed E-state index contributed by atoms with van der Waals surface area (Å²) in [6.45, 7) is 8.59. The Bertz CT molecular complexity index is 536. The van der Waals surface area contributed by atoms with Gasteiger partial charge < -0.3 is 14.4 Å². The lowest BCUT2D eigenvalue weighted by molar-refractivity contribution is -0.133. The first-order chi connectivity index (χ1) is 10.6. The van der Waals surface area contributed by atoms with Gasteiger partial charge in [-0.05, 0) is 26.1 Å². The van der Waals surface area contributed by atoms with Gasteiger partial charge in [-0.15, -0.1) is 0 Å². The van der Waals surface area contributed by atoms with Crippen LogP contribution in [-0.2, 0) is 11.3 Å². The number of likely N-dealkylation sites (N-methyl/N-ethyl adjacent to an activating group) is 1. The fraction of sp³-hybridized carbons (Fsp3) is 0.688. The Morgan fingerprint density at radius 1 is 1.18 bits per heavy atom. The molecule has 5 nitrogen and oxygen atoms in total. The highest BCUT2D eigenvalue weighted by Crippen LogP contribution is 2.29. The Labute approximate surface area is 137 Å². The molecular formula is C16H25ClN4O. The number of aromatic nitrogens is 1. The van der Waals surface area contributed by atoms with E-state index < -0.39 is 0 Å². The molecule has 0 saturated carbocycles. The first kappa shape index (κ1) is 15.8. The van der Waals surface area contributed by atoms with Crippen molar-refractivity contribution in [1.82, 2.24) is 19.3 Å². The van der Waals surface area contributed by atoms with E-state index in [1.807, 2.05) is 11.0 Å². The second-order valence-corrected chi connectivity index (χ2v) is 6.77. The summed E-state index contributed by atoms with van der Waals surface area (Å²) in [5.41, 5.74) is 1.25. The smallest absolute Gasteiger partial charge is 0.223 e. The van der Waals surface area contributed by atoms with Gasteiger partial charge in [0.15, 0.2) is 0 Å². The lowest BCUT2D eigenvalue weighted by Crippen LogP contribution is -2.48. The highest BCUT2D eigenvalue weighted by molar-refractivity contribution is 6.29. The third-order valence-corrected chi connectivity index (χ3v) is 5.35. The fourth-order valence-electron chi connectivity index (χ4n) is 3.43. The molecule has 6 heteroatoms. The third kappa shape index (κ3) is 3.16. The zero-order valence-corrected chi connectivity index (χ0v) is 14.2. The Morgan fingerprint density at radius 2 is 1.91 bits per heavy atom. The van der Waals surface area contributed by atoms with Crippen LogP contribution in [0.4, 0.5) is 0 Å². The van der Waals surface area contributed by atoms with Crippen LogP contribution in [0.5, 0.6) is 0 Å². The molecule has 1 aromatic rings. The molecule has 1 atom stereocenters. The van der Waals surface area contributed by atoms with Crippen molar-refractivity contribution < 1.29 is 4.79 Å². The van der Waals surface area contributed by atoms with Crippen LogP contribution in [-0.4, -0.2) is 71.5 Å².